The van der Waals surface area contributed by atoms with Gasteiger partial charge in [0.1, 0.15) is 0 Å². The van der Waals surface area contributed by atoms with Gasteiger partial charge in [-0.3, -0.25) is 0 Å². The maximum absolute atomic E-state index is 4.90. The molecule has 0 amide bonds. The zero-order valence-electron chi connectivity index (χ0n) is 10.8. The number of halogens is 1. The molecule has 1 nitrogen and oxygen atoms in total. The number of nitrogens with one attached hydrogen (secondary N) is 1. The van der Waals surface area contributed by atoms with Crippen molar-refractivity contribution in [1.29, 1.82) is 0 Å². The third-order valence-corrected chi connectivity index (χ3v) is 5.56. The molecule has 0 unspecified atom stereocenters. The first-order chi connectivity index (χ1) is 8.31. The van der Waals surface area contributed by atoms with Gasteiger partial charge in [0.2, 0.25) is 0 Å². The zero-order chi connectivity index (χ0) is 11.8. The van der Waals surface area contributed by atoms with Crippen molar-refractivity contribution >= 4 is 25.0 Å². The lowest BCUT2D eigenvalue weighted by atomic mass is 9.80. The fraction of sp³-hybridized carbons (Fsp3) is 0.600. The van der Waals surface area contributed by atoms with E-state index in [-0.39, 0.29) is 12.4 Å². The van der Waals surface area contributed by atoms with Crippen molar-refractivity contribution < 1.29 is 0 Å². The summed E-state index contributed by atoms with van der Waals surface area (Å²) in [6.45, 7) is 0. The number of fused-ring (bicyclic) bond motifs is 2. The Morgan fingerprint density at radius 2 is 1.83 bits per heavy atom. The first-order valence-corrected chi connectivity index (χ1v) is 7.23. The molecule has 0 heterocycles. The van der Waals surface area contributed by atoms with Gasteiger partial charge in [-0.25, -0.2) is 0 Å². The van der Waals surface area contributed by atoms with Crippen LogP contribution in [0.5, 0.6) is 0 Å². The predicted octanol–water partition coefficient (Wildman–Crippen LogP) is 3.71. The summed E-state index contributed by atoms with van der Waals surface area (Å²) in [6, 6.07) is 11.3. The van der Waals surface area contributed by atoms with Gasteiger partial charge in [-0.15, -0.1) is 12.4 Å². The summed E-state index contributed by atoms with van der Waals surface area (Å²) in [5.74, 6) is 2.47. The average Bonchev–Trinajstić information content (AvgIpc) is 2.95. The molecular weight excluding hydrogens is 262 g/mol. The number of rotatable bonds is 3. The number of hydrogen-bond acceptors (Lipinski definition) is 2. The minimum absolute atomic E-state index is 0. The maximum Gasteiger partial charge on any atom is 0.0359 e. The molecule has 0 spiro atoms. The quantitative estimate of drug-likeness (QED) is 0.806. The minimum Gasteiger partial charge on any atom is -0.313 e. The molecule has 100 valence electrons. The molecule has 3 heteroatoms. The van der Waals surface area contributed by atoms with Gasteiger partial charge in [0, 0.05) is 11.3 Å². The summed E-state index contributed by atoms with van der Waals surface area (Å²) in [7, 11) is 2.09. The molecular formula is C15H22ClNS. The summed E-state index contributed by atoms with van der Waals surface area (Å²) in [5, 5.41) is 4.12. The minimum atomic E-state index is 0. The predicted molar refractivity (Wildman–Crippen MR) is 82.6 cm³/mol. The lowest BCUT2D eigenvalue weighted by Crippen LogP contribution is -2.35. The second-order valence-electron chi connectivity index (χ2n) is 5.58. The molecule has 2 saturated carbocycles. The number of thiol groups is 1. The monoisotopic (exact) mass is 283 g/mol. The summed E-state index contributed by atoms with van der Waals surface area (Å²) in [5.41, 5.74) is 1.42. The van der Waals surface area contributed by atoms with Crippen LogP contribution in [0.3, 0.4) is 0 Å². The van der Waals surface area contributed by atoms with E-state index >= 15 is 0 Å². The topological polar surface area (TPSA) is 12.0 Å². The van der Waals surface area contributed by atoms with E-state index in [4.69, 9.17) is 12.6 Å². The standard InChI is InChI=1S/C15H21NS.ClH/c1-16-14(10-5-3-2-4-6-10)13-11-7-8-12(9-11)15(13)17;/h2-6,11-17H,7-9H2,1H3;1H/t11-,12+,13-,14+,15-;/m0./s1. The fourth-order valence-corrected chi connectivity index (χ4v) is 4.70. The van der Waals surface area contributed by atoms with Crippen LogP contribution in [-0.4, -0.2) is 12.3 Å². The van der Waals surface area contributed by atoms with Gasteiger partial charge >= 0.3 is 0 Å². The van der Waals surface area contributed by atoms with Crippen LogP contribution in [0.4, 0.5) is 0 Å². The number of benzene rings is 1. The molecule has 18 heavy (non-hydrogen) atoms. The second kappa shape index (κ2) is 5.85. The second-order valence-corrected chi connectivity index (χ2v) is 6.17. The van der Waals surface area contributed by atoms with Crippen molar-refractivity contribution in [1.82, 2.24) is 5.32 Å². The first-order valence-electron chi connectivity index (χ1n) is 6.71. The van der Waals surface area contributed by atoms with E-state index in [1.54, 1.807) is 0 Å². The molecule has 1 aromatic carbocycles. The molecule has 3 rings (SSSR count). The van der Waals surface area contributed by atoms with Crippen LogP contribution in [0.1, 0.15) is 30.9 Å². The average molecular weight is 284 g/mol. The maximum atomic E-state index is 4.90. The number of hydrogen-bond donors (Lipinski definition) is 2. The van der Waals surface area contributed by atoms with Gasteiger partial charge in [0.15, 0.2) is 0 Å². The van der Waals surface area contributed by atoms with Crippen molar-refractivity contribution in [2.24, 2.45) is 17.8 Å². The van der Waals surface area contributed by atoms with Gasteiger partial charge in [0.05, 0.1) is 0 Å². The highest BCUT2D eigenvalue weighted by atomic mass is 35.5. The smallest absolute Gasteiger partial charge is 0.0359 e. The van der Waals surface area contributed by atoms with E-state index in [0.717, 1.165) is 11.8 Å². The third kappa shape index (κ3) is 2.31. The molecule has 1 N–H and O–H groups in total. The molecule has 2 aliphatic rings. The fourth-order valence-electron chi connectivity index (χ4n) is 4.02. The van der Waals surface area contributed by atoms with Crippen LogP contribution in [-0.2, 0) is 0 Å². The van der Waals surface area contributed by atoms with Crippen LogP contribution in [0, 0.1) is 17.8 Å². The van der Waals surface area contributed by atoms with Crippen molar-refractivity contribution in [3.8, 4) is 0 Å². The molecule has 2 aliphatic carbocycles. The van der Waals surface area contributed by atoms with Gasteiger partial charge in [0.25, 0.3) is 0 Å². The zero-order valence-corrected chi connectivity index (χ0v) is 12.5. The van der Waals surface area contributed by atoms with E-state index in [2.05, 4.69) is 42.7 Å². The van der Waals surface area contributed by atoms with Crippen molar-refractivity contribution in [3.05, 3.63) is 35.9 Å². The third-order valence-electron chi connectivity index (χ3n) is 4.79. The van der Waals surface area contributed by atoms with Crippen LogP contribution >= 0.6 is 25.0 Å². The van der Waals surface area contributed by atoms with Gasteiger partial charge in [-0.1, -0.05) is 30.3 Å². The largest absolute Gasteiger partial charge is 0.313 e. The van der Waals surface area contributed by atoms with Crippen LogP contribution < -0.4 is 5.32 Å². The lowest BCUT2D eigenvalue weighted by molar-refractivity contribution is 0.269. The first kappa shape index (κ1) is 14.2. The molecule has 0 radical (unpaired) electrons. The van der Waals surface area contributed by atoms with E-state index in [0.29, 0.717) is 17.2 Å². The SMILES string of the molecule is CN[C@H](c1ccccc1)[C@@H]1[C@H]2CC[C@H](C2)[C@@H]1S.Cl. The Morgan fingerprint density at radius 3 is 2.39 bits per heavy atom. The summed E-state index contributed by atoms with van der Waals surface area (Å²) < 4.78 is 0. The Labute approximate surface area is 122 Å². The summed E-state index contributed by atoms with van der Waals surface area (Å²) >= 11 is 4.90. The van der Waals surface area contributed by atoms with Crippen LogP contribution in [0.25, 0.3) is 0 Å². The Morgan fingerprint density at radius 1 is 1.17 bits per heavy atom. The molecule has 2 fully saturated rings. The molecule has 0 aromatic heterocycles. The van der Waals surface area contributed by atoms with Crippen LogP contribution in [0.15, 0.2) is 30.3 Å². The van der Waals surface area contributed by atoms with Gasteiger partial charge in [-0.05, 0) is 49.6 Å². The van der Waals surface area contributed by atoms with E-state index < -0.39 is 0 Å². The van der Waals surface area contributed by atoms with E-state index in [1.165, 1.54) is 24.8 Å². The Hall–Kier alpha value is -0.180. The molecule has 0 aliphatic heterocycles. The Balaban J connectivity index is 0.00000120. The molecule has 2 bridgehead atoms. The molecule has 0 saturated heterocycles. The van der Waals surface area contributed by atoms with Crippen molar-refractivity contribution in [3.63, 3.8) is 0 Å². The van der Waals surface area contributed by atoms with E-state index in [9.17, 15) is 0 Å². The molecule has 1 aromatic rings. The van der Waals surface area contributed by atoms with E-state index in [1.807, 2.05) is 0 Å². The van der Waals surface area contributed by atoms with Gasteiger partial charge in [-0.2, -0.15) is 12.6 Å². The van der Waals surface area contributed by atoms with Crippen molar-refractivity contribution in [2.75, 3.05) is 7.05 Å². The van der Waals surface area contributed by atoms with Crippen molar-refractivity contribution in [2.45, 2.75) is 30.6 Å². The van der Waals surface area contributed by atoms with Crippen LogP contribution in [0.2, 0.25) is 0 Å². The summed E-state index contributed by atoms with van der Waals surface area (Å²) in [6.07, 6.45) is 4.22. The summed E-state index contributed by atoms with van der Waals surface area (Å²) in [4.78, 5) is 0. The highest BCUT2D eigenvalue weighted by molar-refractivity contribution is 7.81. The highest BCUT2D eigenvalue weighted by Gasteiger charge is 2.48. The highest BCUT2D eigenvalue weighted by Crippen LogP contribution is 2.54. The normalized spacial score (nSPS) is 35.2. The molecule has 5 atom stereocenters. The van der Waals surface area contributed by atoms with Gasteiger partial charge < -0.3 is 5.32 Å². The Bertz CT molecular complexity index is 381. The lowest BCUT2D eigenvalue weighted by Gasteiger charge is -2.34. The Kier molecular flexibility index (Phi) is 4.63.